The molecule has 1 N–H and O–H groups in total. The van der Waals surface area contributed by atoms with Crippen LogP contribution in [0.25, 0.3) is 0 Å². The topological polar surface area (TPSA) is 155 Å². The van der Waals surface area contributed by atoms with E-state index >= 15 is 0 Å². The minimum atomic E-state index is -3.93. The fraction of sp³-hybridized carbons (Fsp3) is 0.947. The number of carbonyl (C=O) groups is 1. The number of aliphatic hydroxyl groups excluding tert-OH is 1. The molecule has 2 bridgehead atoms. The van der Waals surface area contributed by atoms with Gasteiger partial charge in [-0.1, -0.05) is 0 Å². The highest BCUT2D eigenvalue weighted by Crippen LogP contribution is 2.43. The van der Waals surface area contributed by atoms with Crippen LogP contribution in [0.15, 0.2) is 0 Å². The highest BCUT2D eigenvalue weighted by molar-refractivity contribution is 7.86. The fourth-order valence-electron chi connectivity index (χ4n) is 4.78. The number of hydrogen-bond acceptors (Lipinski definition) is 13. The molecule has 0 unspecified atom stereocenters. The molecule has 4 aliphatic heterocycles. The number of esters is 1. The SMILES string of the molecule is COCO[C@H]1[C@H](OS(C)(=O)=O)[C@@H]2OC(=O)[C@@H]([C@H](O)C[C@H]3O[C@@H](OC)[C@@H]4OC(C)(C)O[C@@H]43)[C@H]1O2. The molecular weight excluding hydrogens is 468 g/mol. The van der Waals surface area contributed by atoms with Gasteiger partial charge in [-0.15, -0.1) is 0 Å². The van der Waals surface area contributed by atoms with Crippen LogP contribution in [-0.2, 0) is 57.0 Å². The first-order valence-electron chi connectivity index (χ1n) is 10.5. The quantitative estimate of drug-likeness (QED) is 0.232. The maximum Gasteiger partial charge on any atom is 0.316 e. The van der Waals surface area contributed by atoms with E-state index in [-0.39, 0.29) is 13.2 Å². The molecule has 13 nitrogen and oxygen atoms in total. The second-order valence-electron chi connectivity index (χ2n) is 8.88. The van der Waals surface area contributed by atoms with Crippen molar-refractivity contribution in [3.8, 4) is 0 Å². The molecule has 33 heavy (non-hydrogen) atoms. The van der Waals surface area contributed by atoms with Gasteiger partial charge in [-0.25, -0.2) is 0 Å². The Labute approximate surface area is 191 Å². The first-order chi connectivity index (χ1) is 15.4. The Morgan fingerprint density at radius 3 is 2.42 bits per heavy atom. The first-order valence-corrected chi connectivity index (χ1v) is 12.3. The standard InChI is InChI=1S/C19H30O13S/c1-19(2)30-11-9(27-17(25-4)14(11)31-19)6-8(20)10-12-13(26-7-24-3)15(32-33(5,22)23)18(28-12)29-16(10)21/h8-15,17-18,20H,6-7H2,1-5H3/t8-,9-,10+,11-,12-,13-,14-,15+,17-,18+/m1/s1. The summed E-state index contributed by atoms with van der Waals surface area (Å²) in [5.74, 6) is -2.83. The highest BCUT2D eigenvalue weighted by atomic mass is 32.2. The number of carbonyl (C=O) groups excluding carboxylic acids is 1. The number of hydrogen-bond donors (Lipinski definition) is 1. The van der Waals surface area contributed by atoms with E-state index in [0.717, 1.165) is 6.26 Å². The van der Waals surface area contributed by atoms with Gasteiger partial charge in [0.2, 0.25) is 6.29 Å². The Morgan fingerprint density at radius 1 is 1.09 bits per heavy atom. The van der Waals surface area contributed by atoms with E-state index in [9.17, 15) is 18.3 Å². The normalized spacial score (nSPS) is 42.8. The predicted octanol–water partition coefficient (Wildman–Crippen LogP) is -1.14. The summed E-state index contributed by atoms with van der Waals surface area (Å²) < 4.78 is 72.9. The number of aliphatic hydroxyl groups is 1. The van der Waals surface area contributed by atoms with Gasteiger partial charge in [0, 0.05) is 20.6 Å². The van der Waals surface area contributed by atoms with Gasteiger partial charge in [0.05, 0.1) is 18.5 Å². The molecule has 190 valence electrons. The summed E-state index contributed by atoms with van der Waals surface area (Å²) >= 11 is 0. The Kier molecular flexibility index (Phi) is 7.06. The largest absolute Gasteiger partial charge is 0.432 e. The summed E-state index contributed by atoms with van der Waals surface area (Å²) in [4.78, 5) is 12.8. The number of fused-ring (bicyclic) bond motifs is 3. The van der Waals surface area contributed by atoms with Crippen molar-refractivity contribution in [1.82, 2.24) is 0 Å². The molecular formula is C19H30O13S. The van der Waals surface area contributed by atoms with E-state index in [0.29, 0.717) is 0 Å². The van der Waals surface area contributed by atoms with Crippen molar-refractivity contribution < 1.29 is 60.4 Å². The van der Waals surface area contributed by atoms with Crippen LogP contribution in [-0.4, -0.2) is 108 Å². The monoisotopic (exact) mass is 498 g/mol. The third kappa shape index (κ3) is 5.05. The Hall–Kier alpha value is -0.940. The van der Waals surface area contributed by atoms with E-state index in [1.54, 1.807) is 13.8 Å². The number of ether oxygens (including phenoxy) is 8. The molecule has 10 atom stereocenters. The van der Waals surface area contributed by atoms with E-state index in [1.807, 2.05) is 0 Å². The van der Waals surface area contributed by atoms with E-state index in [4.69, 9.17) is 42.1 Å². The summed E-state index contributed by atoms with van der Waals surface area (Å²) in [6.45, 7) is 3.30. The van der Waals surface area contributed by atoms with Crippen molar-refractivity contribution in [2.45, 2.75) is 81.4 Å². The van der Waals surface area contributed by atoms with Gasteiger partial charge in [0.1, 0.15) is 37.1 Å². The third-order valence-electron chi connectivity index (χ3n) is 5.96. The van der Waals surface area contributed by atoms with Crippen LogP contribution in [0.3, 0.4) is 0 Å². The summed E-state index contributed by atoms with van der Waals surface area (Å²) in [7, 11) is -1.07. The Bertz CT molecular complexity index is 832. The maximum atomic E-state index is 12.8. The van der Waals surface area contributed by atoms with Gasteiger partial charge in [0.15, 0.2) is 18.2 Å². The zero-order valence-electron chi connectivity index (χ0n) is 18.9. The summed E-state index contributed by atoms with van der Waals surface area (Å²) in [5, 5.41) is 11.1. The zero-order valence-corrected chi connectivity index (χ0v) is 19.8. The minimum absolute atomic E-state index is 0.0284. The van der Waals surface area contributed by atoms with Crippen LogP contribution in [0.2, 0.25) is 0 Å². The molecule has 4 rings (SSSR count). The highest BCUT2D eigenvalue weighted by Gasteiger charge is 2.61. The predicted molar refractivity (Wildman–Crippen MR) is 105 cm³/mol. The first kappa shape index (κ1) is 25.2. The van der Waals surface area contributed by atoms with Crippen LogP contribution < -0.4 is 0 Å². The van der Waals surface area contributed by atoms with Crippen molar-refractivity contribution >= 4 is 16.1 Å². The molecule has 0 aromatic carbocycles. The van der Waals surface area contributed by atoms with Crippen molar-refractivity contribution in [2.75, 3.05) is 27.3 Å². The smallest absolute Gasteiger partial charge is 0.316 e. The van der Waals surface area contributed by atoms with Gasteiger partial charge in [-0.2, -0.15) is 8.42 Å². The van der Waals surface area contributed by atoms with Gasteiger partial charge >= 0.3 is 5.97 Å². The molecule has 4 heterocycles. The molecule has 4 aliphatic rings. The Balaban J connectivity index is 1.51. The van der Waals surface area contributed by atoms with Crippen LogP contribution in [0.4, 0.5) is 0 Å². The second kappa shape index (κ2) is 9.26. The van der Waals surface area contributed by atoms with E-state index in [1.165, 1.54) is 14.2 Å². The molecule has 14 heteroatoms. The summed E-state index contributed by atoms with van der Waals surface area (Å²) in [6.07, 6.45) is -7.50. The lowest BCUT2D eigenvalue weighted by atomic mass is 9.88. The molecule has 0 radical (unpaired) electrons. The van der Waals surface area contributed by atoms with Gasteiger partial charge in [0.25, 0.3) is 10.1 Å². The molecule has 4 saturated heterocycles. The fourth-order valence-corrected chi connectivity index (χ4v) is 5.39. The van der Waals surface area contributed by atoms with Crippen LogP contribution >= 0.6 is 0 Å². The summed E-state index contributed by atoms with van der Waals surface area (Å²) in [5.41, 5.74) is 0. The van der Waals surface area contributed by atoms with Crippen LogP contribution in [0.5, 0.6) is 0 Å². The molecule has 0 aromatic heterocycles. The van der Waals surface area contributed by atoms with Crippen LogP contribution in [0.1, 0.15) is 20.3 Å². The summed E-state index contributed by atoms with van der Waals surface area (Å²) in [6, 6.07) is 0. The average molecular weight is 499 g/mol. The minimum Gasteiger partial charge on any atom is -0.432 e. The molecule has 0 aliphatic carbocycles. The zero-order chi connectivity index (χ0) is 24.1. The molecule has 0 saturated carbocycles. The lowest BCUT2D eigenvalue weighted by Crippen LogP contribution is -2.49. The number of rotatable bonds is 9. The average Bonchev–Trinajstić information content (AvgIpc) is 3.27. The molecule has 0 amide bonds. The van der Waals surface area contributed by atoms with E-state index < -0.39 is 83.1 Å². The van der Waals surface area contributed by atoms with Crippen molar-refractivity contribution in [1.29, 1.82) is 0 Å². The van der Waals surface area contributed by atoms with Crippen molar-refractivity contribution in [3.63, 3.8) is 0 Å². The third-order valence-corrected chi connectivity index (χ3v) is 6.53. The lowest BCUT2D eigenvalue weighted by molar-refractivity contribution is -0.238. The van der Waals surface area contributed by atoms with Gasteiger partial charge < -0.3 is 43.0 Å². The molecule has 0 spiro atoms. The lowest BCUT2D eigenvalue weighted by Gasteiger charge is -2.33. The second-order valence-corrected chi connectivity index (χ2v) is 10.5. The number of methoxy groups -OCH3 is 2. The molecule has 0 aromatic rings. The van der Waals surface area contributed by atoms with Gasteiger partial charge in [-0.05, 0) is 13.8 Å². The van der Waals surface area contributed by atoms with Crippen molar-refractivity contribution in [2.24, 2.45) is 5.92 Å². The van der Waals surface area contributed by atoms with Crippen molar-refractivity contribution in [3.05, 3.63) is 0 Å². The van der Waals surface area contributed by atoms with Gasteiger partial charge in [-0.3, -0.25) is 8.98 Å². The van der Waals surface area contributed by atoms with E-state index in [2.05, 4.69) is 0 Å². The molecule has 4 fully saturated rings. The maximum absolute atomic E-state index is 12.8. The van der Waals surface area contributed by atoms with Crippen LogP contribution in [0, 0.1) is 5.92 Å². The Morgan fingerprint density at radius 2 is 1.79 bits per heavy atom.